The summed E-state index contributed by atoms with van der Waals surface area (Å²) < 4.78 is 36.7. The van der Waals surface area contributed by atoms with E-state index < -0.39 is 27.8 Å². The molecule has 2 N–H and O–H groups in total. The maximum Gasteiger partial charge on any atom is 0.339 e. The molecule has 0 saturated carbocycles. The Labute approximate surface area is 150 Å². The number of methoxy groups -OCH3 is 1. The van der Waals surface area contributed by atoms with Gasteiger partial charge >= 0.3 is 5.97 Å². The summed E-state index contributed by atoms with van der Waals surface area (Å²) >= 11 is 0. The maximum absolute atomic E-state index is 12.6. The fourth-order valence-electron chi connectivity index (χ4n) is 3.09. The first-order valence-corrected chi connectivity index (χ1v) is 9.56. The molecule has 0 bridgehead atoms. The lowest BCUT2D eigenvalue weighted by atomic mass is 9.99. The third kappa shape index (κ3) is 3.46. The van der Waals surface area contributed by atoms with Crippen LogP contribution in [0.3, 0.4) is 0 Å². The first kappa shape index (κ1) is 18.4. The number of rotatable bonds is 6. The standard InChI is InChI=1S/C17H19NO7S/c1-24-16-14(11-5-7-25-9-11)3-2-12(15(16)17(20)21)10-26(22,23)18-6-4-13(19)8-18/h2-3,5,7,9,13,19H,4,6,8,10H2,1H3,(H,20,21)/t13-/m0/s1. The quantitative estimate of drug-likeness (QED) is 0.779. The number of carboxylic acids is 1. The van der Waals surface area contributed by atoms with E-state index in [1.165, 1.54) is 30.0 Å². The van der Waals surface area contributed by atoms with Gasteiger partial charge in [-0.2, -0.15) is 4.31 Å². The van der Waals surface area contributed by atoms with Gasteiger partial charge in [-0.3, -0.25) is 0 Å². The highest BCUT2D eigenvalue weighted by Gasteiger charge is 2.32. The normalized spacial score (nSPS) is 18.2. The highest BCUT2D eigenvalue weighted by molar-refractivity contribution is 7.88. The van der Waals surface area contributed by atoms with Gasteiger partial charge in [0.25, 0.3) is 0 Å². The minimum absolute atomic E-state index is 0.0228. The number of carboxylic acid groups (broad SMARTS) is 1. The number of aliphatic hydroxyl groups excluding tert-OH is 1. The number of ether oxygens (including phenoxy) is 1. The van der Waals surface area contributed by atoms with E-state index in [4.69, 9.17) is 9.15 Å². The molecule has 0 aliphatic carbocycles. The van der Waals surface area contributed by atoms with Crippen LogP contribution in [-0.2, 0) is 15.8 Å². The molecule has 1 aromatic heterocycles. The minimum atomic E-state index is -3.76. The van der Waals surface area contributed by atoms with Crippen LogP contribution in [0.1, 0.15) is 22.3 Å². The largest absolute Gasteiger partial charge is 0.495 e. The zero-order valence-corrected chi connectivity index (χ0v) is 14.9. The topological polar surface area (TPSA) is 117 Å². The monoisotopic (exact) mass is 381 g/mol. The van der Waals surface area contributed by atoms with E-state index >= 15 is 0 Å². The molecule has 1 atom stereocenters. The highest BCUT2D eigenvalue weighted by Crippen LogP contribution is 2.36. The third-order valence-corrected chi connectivity index (χ3v) is 6.15. The second-order valence-corrected chi connectivity index (χ2v) is 8.02. The van der Waals surface area contributed by atoms with Crippen molar-refractivity contribution in [2.75, 3.05) is 20.2 Å². The summed E-state index contributed by atoms with van der Waals surface area (Å²) in [5.41, 5.74) is 1.05. The van der Waals surface area contributed by atoms with Gasteiger partial charge in [0.15, 0.2) is 0 Å². The van der Waals surface area contributed by atoms with Crippen LogP contribution in [0.25, 0.3) is 11.1 Å². The maximum atomic E-state index is 12.6. The third-order valence-electron chi connectivity index (χ3n) is 4.35. The predicted molar refractivity (Wildman–Crippen MR) is 92.5 cm³/mol. The lowest BCUT2D eigenvalue weighted by Gasteiger charge is -2.18. The van der Waals surface area contributed by atoms with Gasteiger partial charge in [0.05, 0.1) is 31.5 Å². The van der Waals surface area contributed by atoms with Crippen LogP contribution >= 0.6 is 0 Å². The molecule has 140 valence electrons. The van der Waals surface area contributed by atoms with Crippen molar-refractivity contribution in [3.63, 3.8) is 0 Å². The van der Waals surface area contributed by atoms with Crippen LogP contribution in [0.15, 0.2) is 35.1 Å². The van der Waals surface area contributed by atoms with Crippen LogP contribution in [0.2, 0.25) is 0 Å². The van der Waals surface area contributed by atoms with Crippen molar-refractivity contribution in [3.8, 4) is 16.9 Å². The Balaban J connectivity index is 2.04. The molecule has 0 radical (unpaired) electrons. The van der Waals surface area contributed by atoms with Crippen molar-refractivity contribution in [1.29, 1.82) is 0 Å². The molecule has 26 heavy (non-hydrogen) atoms. The number of carbonyl (C=O) groups is 1. The van der Waals surface area contributed by atoms with E-state index in [0.717, 1.165) is 0 Å². The zero-order chi connectivity index (χ0) is 18.9. The van der Waals surface area contributed by atoms with Crippen LogP contribution < -0.4 is 4.74 Å². The van der Waals surface area contributed by atoms with Crippen LogP contribution in [0.5, 0.6) is 5.75 Å². The lowest BCUT2D eigenvalue weighted by Crippen LogP contribution is -2.31. The van der Waals surface area contributed by atoms with Crippen molar-refractivity contribution in [1.82, 2.24) is 4.31 Å². The smallest absolute Gasteiger partial charge is 0.339 e. The summed E-state index contributed by atoms with van der Waals surface area (Å²) in [4.78, 5) is 11.8. The molecule has 1 fully saturated rings. The molecule has 3 rings (SSSR count). The second kappa shape index (κ2) is 7.10. The number of nitrogens with zero attached hydrogens (tertiary/aromatic N) is 1. The van der Waals surface area contributed by atoms with Gasteiger partial charge in [0.1, 0.15) is 11.3 Å². The summed E-state index contributed by atoms with van der Waals surface area (Å²) in [5, 5.41) is 19.2. The fourth-order valence-corrected chi connectivity index (χ4v) is 4.69. The summed E-state index contributed by atoms with van der Waals surface area (Å²) in [5.74, 6) is -1.68. The number of sulfonamides is 1. The van der Waals surface area contributed by atoms with E-state index in [0.29, 0.717) is 17.5 Å². The Kier molecular flexibility index (Phi) is 5.03. The fraction of sp³-hybridized carbons (Fsp3) is 0.353. The van der Waals surface area contributed by atoms with Crippen LogP contribution in [0, 0.1) is 0 Å². The Morgan fingerprint density at radius 3 is 2.69 bits per heavy atom. The first-order valence-electron chi connectivity index (χ1n) is 7.95. The lowest BCUT2D eigenvalue weighted by molar-refractivity contribution is 0.0692. The Morgan fingerprint density at radius 1 is 1.38 bits per heavy atom. The van der Waals surface area contributed by atoms with Crippen LogP contribution in [-0.4, -0.2) is 55.2 Å². The number of aromatic carboxylic acids is 1. The van der Waals surface area contributed by atoms with Crippen molar-refractivity contribution in [2.24, 2.45) is 0 Å². The second-order valence-electron chi connectivity index (χ2n) is 6.05. The Hall–Kier alpha value is -2.36. The molecule has 1 saturated heterocycles. The molecule has 0 unspecified atom stereocenters. The van der Waals surface area contributed by atoms with E-state index in [1.807, 2.05) is 0 Å². The summed E-state index contributed by atoms with van der Waals surface area (Å²) in [6, 6.07) is 4.74. The number of hydrogen-bond acceptors (Lipinski definition) is 6. The number of furan rings is 1. The van der Waals surface area contributed by atoms with E-state index in [2.05, 4.69) is 0 Å². The van der Waals surface area contributed by atoms with Gasteiger partial charge in [-0.05, 0) is 18.1 Å². The predicted octanol–water partition coefficient (Wildman–Crippen LogP) is 1.55. The number of aliphatic hydroxyl groups is 1. The number of benzene rings is 1. The molecule has 2 aromatic rings. The molecule has 8 nitrogen and oxygen atoms in total. The average Bonchev–Trinajstić information content (AvgIpc) is 3.25. The summed E-state index contributed by atoms with van der Waals surface area (Å²) in [7, 11) is -2.42. The average molecular weight is 381 g/mol. The van der Waals surface area contributed by atoms with Gasteiger partial charge in [-0.25, -0.2) is 13.2 Å². The first-order chi connectivity index (χ1) is 12.3. The van der Waals surface area contributed by atoms with Crippen molar-refractivity contribution in [3.05, 3.63) is 41.9 Å². The zero-order valence-electron chi connectivity index (χ0n) is 14.1. The van der Waals surface area contributed by atoms with Crippen LogP contribution in [0.4, 0.5) is 0 Å². The van der Waals surface area contributed by atoms with E-state index in [9.17, 15) is 23.4 Å². The minimum Gasteiger partial charge on any atom is -0.495 e. The van der Waals surface area contributed by atoms with E-state index in [-0.39, 0.29) is 30.0 Å². The molecule has 9 heteroatoms. The summed E-state index contributed by atoms with van der Waals surface area (Å²) in [6.07, 6.45) is 2.58. The molecule has 1 aromatic carbocycles. The van der Waals surface area contributed by atoms with Gasteiger partial charge in [-0.1, -0.05) is 12.1 Å². The van der Waals surface area contributed by atoms with Gasteiger partial charge < -0.3 is 19.4 Å². The number of β-amino-alcohol motifs (C(OH)–C–C–N with tert-alkyl or cyclic N) is 1. The molecular weight excluding hydrogens is 362 g/mol. The molecule has 2 heterocycles. The van der Waals surface area contributed by atoms with Crippen molar-refractivity contribution < 1.29 is 32.6 Å². The van der Waals surface area contributed by atoms with Gasteiger partial charge in [0, 0.05) is 24.2 Å². The molecule has 1 aliphatic rings. The highest BCUT2D eigenvalue weighted by atomic mass is 32.2. The van der Waals surface area contributed by atoms with Gasteiger partial charge in [-0.15, -0.1) is 0 Å². The SMILES string of the molecule is COc1c(-c2ccoc2)ccc(CS(=O)(=O)N2CC[C@H](O)C2)c1C(=O)O. The van der Waals surface area contributed by atoms with Crippen molar-refractivity contribution in [2.45, 2.75) is 18.3 Å². The molecule has 0 spiro atoms. The Bertz CT molecular complexity index is 905. The Morgan fingerprint density at radius 2 is 2.15 bits per heavy atom. The molecular formula is C17H19NO7S. The number of hydrogen-bond donors (Lipinski definition) is 2. The summed E-state index contributed by atoms with van der Waals surface area (Å²) in [6.45, 7) is 0.241. The van der Waals surface area contributed by atoms with Crippen molar-refractivity contribution >= 4 is 16.0 Å². The van der Waals surface area contributed by atoms with E-state index in [1.54, 1.807) is 12.1 Å². The van der Waals surface area contributed by atoms with Gasteiger partial charge in [0.2, 0.25) is 10.0 Å². The molecule has 0 amide bonds. The molecule has 1 aliphatic heterocycles.